The minimum Gasteiger partial charge on any atom is -0.464 e. The lowest BCUT2D eigenvalue weighted by Crippen LogP contribution is -2.53. The smallest absolute Gasteiger partial charge is 0.329 e. The van der Waals surface area contributed by atoms with Crippen molar-refractivity contribution in [3.05, 3.63) is 54.0 Å². The number of esters is 2. The molecule has 1 fully saturated rings. The average molecular weight is 428 g/mol. The number of hydrogen-bond acceptors (Lipinski definition) is 6. The number of carbonyl (C=O) groups excluding carboxylic acids is 3. The number of amides is 1. The zero-order valence-electron chi connectivity index (χ0n) is 17.8. The highest BCUT2D eigenvalue weighted by Gasteiger charge is 2.72. The number of allylic oxidation sites excluding steroid dienone is 2. The Balaban J connectivity index is 1.99. The number of halogens is 1. The predicted molar refractivity (Wildman–Crippen MR) is 110 cm³/mol. The minimum atomic E-state index is -1.69. The normalized spacial score (nSPS) is 28.7. The van der Waals surface area contributed by atoms with E-state index in [1.165, 1.54) is 23.3 Å². The van der Waals surface area contributed by atoms with Crippen molar-refractivity contribution in [3.63, 3.8) is 0 Å². The van der Waals surface area contributed by atoms with Crippen molar-refractivity contribution in [2.75, 3.05) is 11.9 Å². The van der Waals surface area contributed by atoms with E-state index in [1.54, 1.807) is 52.0 Å². The van der Waals surface area contributed by atoms with Crippen molar-refractivity contribution in [3.8, 4) is 0 Å². The third kappa shape index (κ3) is 3.04. The molecule has 4 rings (SSSR count). The number of para-hydroxylation sites is 1. The highest BCUT2D eigenvalue weighted by molar-refractivity contribution is 6.11. The highest BCUT2D eigenvalue weighted by atomic mass is 19.1. The predicted octanol–water partition coefficient (Wildman–Crippen LogP) is 2.83. The van der Waals surface area contributed by atoms with Crippen molar-refractivity contribution in [1.29, 1.82) is 0 Å². The lowest BCUT2D eigenvalue weighted by molar-refractivity contribution is -0.168. The van der Waals surface area contributed by atoms with Crippen LogP contribution in [0.5, 0.6) is 0 Å². The number of anilines is 1. The molecule has 0 aromatic heterocycles. The van der Waals surface area contributed by atoms with Crippen molar-refractivity contribution in [2.45, 2.75) is 50.8 Å². The van der Waals surface area contributed by atoms with Gasteiger partial charge in [-0.25, -0.2) is 9.18 Å². The maximum atomic E-state index is 15.4. The van der Waals surface area contributed by atoms with Gasteiger partial charge in [0, 0.05) is 11.9 Å². The Morgan fingerprint density at radius 3 is 2.61 bits per heavy atom. The van der Waals surface area contributed by atoms with Crippen LogP contribution in [0.25, 0.3) is 0 Å². The Labute approximate surface area is 179 Å². The zero-order chi connectivity index (χ0) is 22.6. The van der Waals surface area contributed by atoms with Gasteiger partial charge in [0.05, 0.1) is 6.61 Å². The standard InChI is InChI=1S/C23H25FN2O5/c1-5-30-20(28)17-16(19(27)31-22(2,3)4)23(18-14(24)10-8-12-26(17)18)13-9-6-7-11-15(13)25-21(23)29/h6-12,16-18H,5H2,1-4H3,(H,25,29)/t16-,17-,18+,23-/m0/s1. The Hall–Kier alpha value is -3.16. The molecular weight excluding hydrogens is 403 g/mol. The molecule has 0 unspecified atom stereocenters. The molecule has 1 saturated heterocycles. The summed E-state index contributed by atoms with van der Waals surface area (Å²) >= 11 is 0. The van der Waals surface area contributed by atoms with Crippen molar-refractivity contribution in [2.24, 2.45) is 5.92 Å². The van der Waals surface area contributed by atoms with E-state index in [2.05, 4.69) is 5.32 Å². The Morgan fingerprint density at radius 1 is 1.23 bits per heavy atom. The summed E-state index contributed by atoms with van der Waals surface area (Å²) < 4.78 is 26.3. The van der Waals surface area contributed by atoms with Gasteiger partial charge >= 0.3 is 11.9 Å². The van der Waals surface area contributed by atoms with Crippen LogP contribution < -0.4 is 5.32 Å². The summed E-state index contributed by atoms with van der Waals surface area (Å²) in [5, 5.41) is 2.78. The fourth-order valence-corrected chi connectivity index (χ4v) is 4.90. The third-order valence-corrected chi connectivity index (χ3v) is 5.82. The zero-order valence-corrected chi connectivity index (χ0v) is 17.8. The van der Waals surface area contributed by atoms with Gasteiger partial charge in [-0.1, -0.05) is 18.2 Å². The first-order chi connectivity index (χ1) is 14.6. The van der Waals surface area contributed by atoms with Crippen molar-refractivity contribution < 1.29 is 28.2 Å². The molecule has 3 aliphatic rings. The fraction of sp³-hybridized carbons (Fsp3) is 0.435. The number of nitrogens with zero attached hydrogens (tertiary/aromatic N) is 1. The Morgan fingerprint density at radius 2 is 1.94 bits per heavy atom. The summed E-state index contributed by atoms with van der Waals surface area (Å²) in [5.41, 5.74) is -1.63. The average Bonchev–Trinajstić information content (AvgIpc) is 3.15. The van der Waals surface area contributed by atoms with Gasteiger partial charge in [0.1, 0.15) is 34.8 Å². The molecule has 1 aromatic rings. The molecule has 3 heterocycles. The molecule has 8 heteroatoms. The first-order valence-corrected chi connectivity index (χ1v) is 10.2. The number of rotatable bonds is 3. The summed E-state index contributed by atoms with van der Waals surface area (Å²) in [6.07, 6.45) is 4.22. The second-order valence-corrected chi connectivity index (χ2v) is 8.82. The van der Waals surface area contributed by atoms with Crippen LogP contribution in [0, 0.1) is 5.92 Å². The number of carbonyl (C=O) groups is 3. The van der Waals surface area contributed by atoms with Gasteiger partial charge in [-0.15, -0.1) is 0 Å². The maximum absolute atomic E-state index is 15.4. The molecule has 164 valence electrons. The summed E-state index contributed by atoms with van der Waals surface area (Å²) in [7, 11) is 0. The van der Waals surface area contributed by atoms with Gasteiger partial charge in [0.25, 0.3) is 0 Å². The largest absolute Gasteiger partial charge is 0.464 e. The lowest BCUT2D eigenvalue weighted by atomic mass is 9.66. The SMILES string of the molecule is CCOC(=O)[C@@H]1[C@@H](C(=O)OC(C)(C)C)[C@]2(C(=O)Nc3ccccc32)[C@H]2C(F)=CC=CN12. The third-order valence-electron chi connectivity index (χ3n) is 5.82. The Kier molecular flexibility index (Phi) is 4.91. The lowest BCUT2D eigenvalue weighted by Gasteiger charge is -2.35. The van der Waals surface area contributed by atoms with E-state index in [-0.39, 0.29) is 6.61 Å². The van der Waals surface area contributed by atoms with Gasteiger partial charge < -0.3 is 19.7 Å². The number of ether oxygens (including phenoxy) is 2. The topological polar surface area (TPSA) is 84.9 Å². The van der Waals surface area contributed by atoms with E-state index < -0.39 is 52.7 Å². The molecule has 31 heavy (non-hydrogen) atoms. The summed E-state index contributed by atoms with van der Waals surface area (Å²) in [6.45, 7) is 6.81. The fourth-order valence-electron chi connectivity index (χ4n) is 4.90. The molecule has 0 aliphatic carbocycles. The van der Waals surface area contributed by atoms with E-state index in [0.29, 0.717) is 11.3 Å². The molecule has 0 saturated carbocycles. The van der Waals surface area contributed by atoms with Crippen molar-refractivity contribution >= 4 is 23.5 Å². The molecular formula is C23H25FN2O5. The molecule has 1 N–H and O–H groups in total. The number of benzene rings is 1. The maximum Gasteiger partial charge on any atom is 0.329 e. The number of fused-ring (bicyclic) bond motifs is 4. The number of nitrogens with one attached hydrogen (secondary N) is 1. The molecule has 7 nitrogen and oxygen atoms in total. The van der Waals surface area contributed by atoms with Gasteiger partial charge in [0.15, 0.2) is 0 Å². The van der Waals surface area contributed by atoms with E-state index in [4.69, 9.17) is 9.47 Å². The summed E-state index contributed by atoms with van der Waals surface area (Å²) in [5.74, 6) is -3.95. The van der Waals surface area contributed by atoms with Crippen LogP contribution in [-0.2, 0) is 29.3 Å². The first-order valence-electron chi connectivity index (χ1n) is 10.2. The Bertz CT molecular complexity index is 1010. The van der Waals surface area contributed by atoms with Crippen LogP contribution in [-0.4, -0.2) is 47.0 Å². The summed E-state index contributed by atoms with van der Waals surface area (Å²) in [4.78, 5) is 41.6. The minimum absolute atomic E-state index is 0.0761. The van der Waals surface area contributed by atoms with Gasteiger partial charge in [-0.3, -0.25) is 9.59 Å². The quantitative estimate of drug-likeness (QED) is 0.746. The van der Waals surface area contributed by atoms with Crippen LogP contribution in [0.2, 0.25) is 0 Å². The van der Waals surface area contributed by atoms with Gasteiger partial charge in [-0.05, 0) is 51.5 Å². The second kappa shape index (κ2) is 7.21. The first kappa shape index (κ1) is 21.1. The molecule has 0 bridgehead atoms. The van der Waals surface area contributed by atoms with Gasteiger partial charge in [0.2, 0.25) is 5.91 Å². The van der Waals surface area contributed by atoms with Crippen LogP contribution in [0.15, 0.2) is 48.4 Å². The van der Waals surface area contributed by atoms with Crippen LogP contribution >= 0.6 is 0 Å². The molecule has 1 aromatic carbocycles. The van der Waals surface area contributed by atoms with E-state index in [1.807, 2.05) is 0 Å². The summed E-state index contributed by atoms with van der Waals surface area (Å²) in [6, 6.07) is 4.41. The number of hydrogen-bond donors (Lipinski definition) is 1. The molecule has 3 aliphatic heterocycles. The van der Waals surface area contributed by atoms with Crippen LogP contribution in [0.4, 0.5) is 10.1 Å². The van der Waals surface area contributed by atoms with Crippen LogP contribution in [0.1, 0.15) is 33.3 Å². The second-order valence-electron chi connectivity index (χ2n) is 8.82. The van der Waals surface area contributed by atoms with E-state index in [0.717, 1.165) is 0 Å². The van der Waals surface area contributed by atoms with Crippen LogP contribution in [0.3, 0.4) is 0 Å². The monoisotopic (exact) mass is 428 g/mol. The van der Waals surface area contributed by atoms with E-state index >= 15 is 4.39 Å². The molecule has 0 radical (unpaired) electrons. The van der Waals surface area contributed by atoms with Gasteiger partial charge in [-0.2, -0.15) is 0 Å². The van der Waals surface area contributed by atoms with E-state index in [9.17, 15) is 14.4 Å². The van der Waals surface area contributed by atoms with Crippen molar-refractivity contribution in [1.82, 2.24) is 4.90 Å². The molecule has 1 spiro atoms. The molecule has 1 amide bonds. The highest BCUT2D eigenvalue weighted by Crippen LogP contribution is 2.57. The molecule has 4 atom stereocenters.